The summed E-state index contributed by atoms with van der Waals surface area (Å²) in [6, 6.07) is 4.10. The minimum absolute atomic E-state index is 0.0255. The van der Waals surface area contributed by atoms with Crippen molar-refractivity contribution in [2.45, 2.75) is 6.92 Å². The standard InChI is InChI=1S/C11H13FO3/c1-3-15-7-10(13)8-4-5-11(14-2)9(12)6-8/h4-6H,3,7H2,1-2H3. The molecule has 0 radical (unpaired) electrons. The van der Waals surface area contributed by atoms with Gasteiger partial charge in [0.1, 0.15) is 6.61 Å². The van der Waals surface area contributed by atoms with Crippen LogP contribution in [0.2, 0.25) is 0 Å². The monoisotopic (exact) mass is 212 g/mol. The summed E-state index contributed by atoms with van der Waals surface area (Å²) < 4.78 is 22.9. The molecule has 0 aromatic heterocycles. The van der Waals surface area contributed by atoms with E-state index in [-0.39, 0.29) is 18.1 Å². The number of methoxy groups -OCH3 is 1. The van der Waals surface area contributed by atoms with Crippen molar-refractivity contribution in [1.82, 2.24) is 0 Å². The van der Waals surface area contributed by atoms with Crippen LogP contribution in [0.1, 0.15) is 17.3 Å². The molecule has 0 unspecified atom stereocenters. The van der Waals surface area contributed by atoms with Gasteiger partial charge in [-0.2, -0.15) is 0 Å². The van der Waals surface area contributed by atoms with Crippen LogP contribution in [0.5, 0.6) is 5.75 Å². The number of rotatable bonds is 5. The van der Waals surface area contributed by atoms with Gasteiger partial charge in [0.2, 0.25) is 0 Å². The highest BCUT2D eigenvalue weighted by Gasteiger charge is 2.09. The van der Waals surface area contributed by atoms with Gasteiger partial charge < -0.3 is 9.47 Å². The normalized spacial score (nSPS) is 10.1. The van der Waals surface area contributed by atoms with E-state index in [1.54, 1.807) is 6.92 Å². The van der Waals surface area contributed by atoms with Crippen LogP contribution in [0.3, 0.4) is 0 Å². The summed E-state index contributed by atoms with van der Waals surface area (Å²) in [5.41, 5.74) is 0.293. The minimum Gasteiger partial charge on any atom is -0.494 e. The Balaban J connectivity index is 2.78. The van der Waals surface area contributed by atoms with E-state index in [4.69, 9.17) is 9.47 Å². The summed E-state index contributed by atoms with van der Waals surface area (Å²) >= 11 is 0. The molecule has 4 heteroatoms. The van der Waals surface area contributed by atoms with Gasteiger partial charge >= 0.3 is 0 Å². The van der Waals surface area contributed by atoms with Crippen molar-refractivity contribution in [3.05, 3.63) is 29.6 Å². The van der Waals surface area contributed by atoms with E-state index < -0.39 is 5.82 Å². The van der Waals surface area contributed by atoms with Gasteiger partial charge in [0.05, 0.1) is 7.11 Å². The zero-order chi connectivity index (χ0) is 11.3. The molecule has 0 saturated heterocycles. The van der Waals surface area contributed by atoms with Crippen LogP contribution in [0.4, 0.5) is 4.39 Å². The summed E-state index contributed by atoms with van der Waals surface area (Å²) in [6.07, 6.45) is 0. The van der Waals surface area contributed by atoms with Crippen LogP contribution >= 0.6 is 0 Å². The third-order valence-corrected chi connectivity index (χ3v) is 1.91. The average Bonchev–Trinajstić information content (AvgIpc) is 2.25. The molecule has 0 heterocycles. The summed E-state index contributed by atoms with van der Waals surface area (Å²) in [7, 11) is 1.38. The molecule has 0 spiro atoms. The van der Waals surface area contributed by atoms with Crippen molar-refractivity contribution < 1.29 is 18.7 Å². The van der Waals surface area contributed by atoms with Crippen molar-refractivity contribution >= 4 is 5.78 Å². The topological polar surface area (TPSA) is 35.5 Å². The fraction of sp³-hybridized carbons (Fsp3) is 0.364. The first-order valence-corrected chi connectivity index (χ1v) is 4.63. The third-order valence-electron chi connectivity index (χ3n) is 1.91. The van der Waals surface area contributed by atoms with Crippen LogP contribution < -0.4 is 4.74 Å². The molecular formula is C11H13FO3. The molecular weight excluding hydrogens is 199 g/mol. The lowest BCUT2D eigenvalue weighted by molar-refractivity contribution is 0.0783. The SMILES string of the molecule is CCOCC(=O)c1ccc(OC)c(F)c1. The Morgan fingerprint density at radius 2 is 2.20 bits per heavy atom. The van der Waals surface area contributed by atoms with Crippen LogP contribution in [0, 0.1) is 5.82 Å². The summed E-state index contributed by atoms with van der Waals surface area (Å²) in [5, 5.41) is 0. The number of Topliss-reactive ketones (excluding diaryl/α,β-unsaturated/α-hetero) is 1. The number of hydrogen-bond donors (Lipinski definition) is 0. The predicted octanol–water partition coefficient (Wildman–Crippen LogP) is 2.05. The second kappa shape index (κ2) is 5.46. The molecule has 1 aromatic carbocycles. The maximum absolute atomic E-state index is 13.2. The Kier molecular flexibility index (Phi) is 4.24. The maximum Gasteiger partial charge on any atom is 0.188 e. The van der Waals surface area contributed by atoms with Gasteiger partial charge in [-0.1, -0.05) is 0 Å². The Morgan fingerprint density at radius 3 is 2.73 bits per heavy atom. The number of benzene rings is 1. The average molecular weight is 212 g/mol. The molecule has 1 rings (SSSR count). The second-order valence-corrected chi connectivity index (χ2v) is 2.91. The van der Waals surface area contributed by atoms with Gasteiger partial charge in [-0.3, -0.25) is 4.79 Å². The minimum atomic E-state index is -0.542. The quantitative estimate of drug-likeness (QED) is 0.701. The zero-order valence-electron chi connectivity index (χ0n) is 8.75. The molecule has 0 amide bonds. The number of carbonyl (C=O) groups excluding carboxylic acids is 1. The van der Waals surface area contributed by atoms with Gasteiger partial charge in [-0.15, -0.1) is 0 Å². The van der Waals surface area contributed by atoms with Crippen molar-refractivity contribution in [1.29, 1.82) is 0 Å². The highest BCUT2D eigenvalue weighted by molar-refractivity contribution is 5.97. The van der Waals surface area contributed by atoms with E-state index in [1.807, 2.05) is 0 Å². The smallest absolute Gasteiger partial charge is 0.188 e. The lowest BCUT2D eigenvalue weighted by Crippen LogP contribution is -2.09. The fourth-order valence-electron chi connectivity index (χ4n) is 1.12. The Bertz CT molecular complexity index is 350. The van der Waals surface area contributed by atoms with Crippen LogP contribution in [-0.2, 0) is 4.74 Å². The van der Waals surface area contributed by atoms with E-state index in [2.05, 4.69) is 0 Å². The van der Waals surface area contributed by atoms with Crippen molar-refractivity contribution in [3.8, 4) is 5.75 Å². The number of ether oxygens (including phenoxy) is 2. The largest absolute Gasteiger partial charge is 0.494 e. The first kappa shape index (κ1) is 11.7. The Morgan fingerprint density at radius 1 is 1.47 bits per heavy atom. The van der Waals surface area contributed by atoms with E-state index in [0.29, 0.717) is 12.2 Å². The van der Waals surface area contributed by atoms with Crippen molar-refractivity contribution in [3.63, 3.8) is 0 Å². The number of carbonyl (C=O) groups is 1. The number of ketones is 1. The molecule has 1 aromatic rings. The predicted molar refractivity (Wildman–Crippen MR) is 53.8 cm³/mol. The molecule has 0 saturated carbocycles. The zero-order valence-corrected chi connectivity index (χ0v) is 8.75. The molecule has 82 valence electrons. The van der Waals surface area contributed by atoms with E-state index in [0.717, 1.165) is 6.07 Å². The molecule has 0 bridgehead atoms. The molecule has 0 N–H and O–H groups in total. The van der Waals surface area contributed by atoms with Gasteiger partial charge in [-0.05, 0) is 25.1 Å². The first-order valence-electron chi connectivity index (χ1n) is 4.63. The molecule has 0 atom stereocenters. The summed E-state index contributed by atoms with van der Waals surface area (Å²) in [5.74, 6) is -0.652. The molecule has 15 heavy (non-hydrogen) atoms. The lowest BCUT2D eigenvalue weighted by Gasteiger charge is -2.04. The van der Waals surface area contributed by atoms with Gasteiger partial charge in [-0.25, -0.2) is 4.39 Å². The van der Waals surface area contributed by atoms with E-state index in [1.165, 1.54) is 19.2 Å². The number of hydrogen-bond acceptors (Lipinski definition) is 3. The Hall–Kier alpha value is -1.42. The highest BCUT2D eigenvalue weighted by atomic mass is 19.1. The first-order chi connectivity index (χ1) is 7.19. The molecule has 3 nitrogen and oxygen atoms in total. The lowest BCUT2D eigenvalue weighted by atomic mass is 10.1. The van der Waals surface area contributed by atoms with Crippen LogP contribution in [0.25, 0.3) is 0 Å². The van der Waals surface area contributed by atoms with Crippen molar-refractivity contribution in [2.24, 2.45) is 0 Å². The summed E-state index contributed by atoms with van der Waals surface area (Å²) in [4.78, 5) is 11.4. The number of halogens is 1. The fourth-order valence-corrected chi connectivity index (χ4v) is 1.12. The maximum atomic E-state index is 13.2. The molecule has 0 aliphatic carbocycles. The van der Waals surface area contributed by atoms with Gasteiger partial charge in [0, 0.05) is 12.2 Å². The summed E-state index contributed by atoms with van der Waals surface area (Å²) in [6.45, 7) is 2.23. The van der Waals surface area contributed by atoms with E-state index >= 15 is 0 Å². The molecule has 0 aliphatic heterocycles. The van der Waals surface area contributed by atoms with Crippen LogP contribution in [-0.4, -0.2) is 26.1 Å². The third kappa shape index (κ3) is 3.02. The van der Waals surface area contributed by atoms with E-state index in [9.17, 15) is 9.18 Å². The van der Waals surface area contributed by atoms with Crippen LogP contribution in [0.15, 0.2) is 18.2 Å². The molecule has 0 aliphatic rings. The van der Waals surface area contributed by atoms with Gasteiger partial charge in [0.25, 0.3) is 0 Å². The highest BCUT2D eigenvalue weighted by Crippen LogP contribution is 2.17. The van der Waals surface area contributed by atoms with Gasteiger partial charge in [0.15, 0.2) is 17.3 Å². The second-order valence-electron chi connectivity index (χ2n) is 2.91. The Labute approximate surface area is 87.8 Å². The van der Waals surface area contributed by atoms with Crippen molar-refractivity contribution in [2.75, 3.05) is 20.3 Å². The molecule has 0 fully saturated rings.